The summed E-state index contributed by atoms with van der Waals surface area (Å²) in [6, 6.07) is 19.5. The van der Waals surface area contributed by atoms with Gasteiger partial charge in [-0.05, 0) is 43.2 Å². The topological polar surface area (TPSA) is 3.24 Å². The minimum atomic E-state index is 0.983. The highest BCUT2D eigenvalue weighted by atomic mass is 15.1. The van der Waals surface area contributed by atoms with Gasteiger partial charge >= 0.3 is 0 Å². The summed E-state index contributed by atoms with van der Waals surface area (Å²) >= 11 is 0. The molecule has 0 saturated carbocycles. The van der Waals surface area contributed by atoms with Crippen molar-refractivity contribution in [3.8, 4) is 0 Å². The fourth-order valence-electron chi connectivity index (χ4n) is 2.25. The summed E-state index contributed by atoms with van der Waals surface area (Å²) in [5.41, 5.74) is 3.94. The zero-order chi connectivity index (χ0) is 12.8. The Morgan fingerprint density at radius 3 is 1.94 bits per heavy atom. The maximum Gasteiger partial charge on any atom is 0.0410 e. The fraction of sp³-hybridized carbons (Fsp3) is 0.294. The molecule has 0 radical (unpaired) electrons. The predicted octanol–water partition coefficient (Wildman–Crippen LogP) is 4.80. The minimum absolute atomic E-state index is 0.983. The molecule has 0 amide bonds. The molecule has 1 nitrogen and oxygen atoms in total. The molecule has 0 N–H and O–H groups in total. The van der Waals surface area contributed by atoms with Gasteiger partial charge in [0, 0.05) is 17.9 Å². The first-order valence-corrected chi connectivity index (χ1v) is 6.76. The highest BCUT2D eigenvalue weighted by Gasteiger charge is 2.05. The third kappa shape index (κ3) is 2.92. The number of anilines is 2. The van der Waals surface area contributed by atoms with E-state index in [-0.39, 0.29) is 0 Å². The third-order valence-corrected chi connectivity index (χ3v) is 3.17. The molecule has 0 heterocycles. The van der Waals surface area contributed by atoms with E-state index in [4.69, 9.17) is 0 Å². The molecule has 0 saturated heterocycles. The molecule has 0 aliphatic carbocycles. The lowest BCUT2D eigenvalue weighted by Gasteiger charge is -2.23. The summed E-state index contributed by atoms with van der Waals surface area (Å²) in [5, 5.41) is 0. The second-order valence-corrected chi connectivity index (χ2v) is 4.50. The highest BCUT2D eigenvalue weighted by Crippen LogP contribution is 2.25. The summed E-state index contributed by atoms with van der Waals surface area (Å²) in [7, 11) is 0. The van der Waals surface area contributed by atoms with Crippen LogP contribution in [-0.4, -0.2) is 6.54 Å². The Labute approximate surface area is 110 Å². The van der Waals surface area contributed by atoms with Gasteiger partial charge < -0.3 is 4.90 Å². The molecule has 2 aromatic rings. The van der Waals surface area contributed by atoms with Crippen molar-refractivity contribution in [1.29, 1.82) is 0 Å². The molecular weight excluding hydrogens is 218 g/mol. The van der Waals surface area contributed by atoms with Gasteiger partial charge in [-0.15, -0.1) is 0 Å². The molecule has 0 aliphatic rings. The number of para-hydroxylation sites is 1. The smallest absolute Gasteiger partial charge is 0.0410 e. The zero-order valence-electron chi connectivity index (χ0n) is 11.3. The van der Waals surface area contributed by atoms with Gasteiger partial charge in [-0.2, -0.15) is 0 Å². The normalized spacial score (nSPS) is 10.3. The van der Waals surface area contributed by atoms with Crippen LogP contribution in [0.1, 0.15) is 25.8 Å². The molecule has 2 aromatic carbocycles. The third-order valence-electron chi connectivity index (χ3n) is 3.17. The average molecular weight is 239 g/mol. The summed E-state index contributed by atoms with van der Waals surface area (Å²) in [6.07, 6.45) is 2.37. The van der Waals surface area contributed by atoms with Gasteiger partial charge in [0.1, 0.15) is 0 Å². The lowest BCUT2D eigenvalue weighted by Crippen LogP contribution is -2.15. The van der Waals surface area contributed by atoms with Gasteiger partial charge in [0.05, 0.1) is 0 Å². The van der Waals surface area contributed by atoms with Gasteiger partial charge in [-0.3, -0.25) is 0 Å². The van der Waals surface area contributed by atoms with Crippen LogP contribution in [0.5, 0.6) is 0 Å². The Morgan fingerprint density at radius 2 is 1.39 bits per heavy atom. The SMILES string of the molecule is CCCc1ccc(N(CC)c2ccccc2)cc1. The Balaban J connectivity index is 2.23. The number of benzene rings is 2. The fourth-order valence-corrected chi connectivity index (χ4v) is 2.25. The van der Waals surface area contributed by atoms with E-state index in [2.05, 4.69) is 73.3 Å². The number of hydrogen-bond donors (Lipinski definition) is 0. The second kappa shape index (κ2) is 6.25. The van der Waals surface area contributed by atoms with E-state index in [9.17, 15) is 0 Å². The van der Waals surface area contributed by atoms with Crippen molar-refractivity contribution in [2.75, 3.05) is 11.4 Å². The van der Waals surface area contributed by atoms with Crippen LogP contribution in [0.3, 0.4) is 0 Å². The van der Waals surface area contributed by atoms with Gasteiger partial charge in [-0.1, -0.05) is 43.7 Å². The first-order valence-electron chi connectivity index (χ1n) is 6.76. The number of rotatable bonds is 5. The van der Waals surface area contributed by atoms with Crippen molar-refractivity contribution in [3.05, 3.63) is 60.2 Å². The maximum absolute atomic E-state index is 2.33. The van der Waals surface area contributed by atoms with Crippen LogP contribution in [0.25, 0.3) is 0 Å². The predicted molar refractivity (Wildman–Crippen MR) is 79.6 cm³/mol. The number of aryl methyl sites for hydroxylation is 1. The van der Waals surface area contributed by atoms with Crippen LogP contribution in [0.15, 0.2) is 54.6 Å². The van der Waals surface area contributed by atoms with E-state index >= 15 is 0 Å². The molecule has 0 aliphatic heterocycles. The van der Waals surface area contributed by atoms with Crippen molar-refractivity contribution < 1.29 is 0 Å². The van der Waals surface area contributed by atoms with Gasteiger partial charge in [0.15, 0.2) is 0 Å². The van der Waals surface area contributed by atoms with Crippen molar-refractivity contribution in [3.63, 3.8) is 0 Å². The Bertz CT molecular complexity index is 459. The maximum atomic E-state index is 2.33. The second-order valence-electron chi connectivity index (χ2n) is 4.50. The lowest BCUT2D eigenvalue weighted by atomic mass is 10.1. The van der Waals surface area contributed by atoms with Crippen LogP contribution in [-0.2, 0) is 6.42 Å². The van der Waals surface area contributed by atoms with Crippen LogP contribution in [0, 0.1) is 0 Å². The largest absolute Gasteiger partial charge is 0.342 e. The highest BCUT2D eigenvalue weighted by molar-refractivity contribution is 5.63. The molecular formula is C17H21N. The van der Waals surface area contributed by atoms with Crippen molar-refractivity contribution in [1.82, 2.24) is 0 Å². The summed E-state index contributed by atoms with van der Waals surface area (Å²) in [5.74, 6) is 0. The van der Waals surface area contributed by atoms with Gasteiger partial charge in [-0.25, -0.2) is 0 Å². The molecule has 0 atom stereocenters. The Kier molecular flexibility index (Phi) is 4.40. The van der Waals surface area contributed by atoms with E-state index in [0.29, 0.717) is 0 Å². The quantitative estimate of drug-likeness (QED) is 0.724. The molecule has 94 valence electrons. The summed E-state index contributed by atoms with van der Waals surface area (Å²) in [6.45, 7) is 5.39. The molecule has 0 fully saturated rings. The van der Waals surface area contributed by atoms with Crippen LogP contribution in [0.4, 0.5) is 11.4 Å². The van der Waals surface area contributed by atoms with Gasteiger partial charge in [0.2, 0.25) is 0 Å². The first-order chi connectivity index (χ1) is 8.85. The van der Waals surface area contributed by atoms with E-state index in [1.807, 2.05) is 0 Å². The Morgan fingerprint density at radius 1 is 0.778 bits per heavy atom. The molecule has 0 unspecified atom stereocenters. The van der Waals surface area contributed by atoms with Crippen molar-refractivity contribution in [2.24, 2.45) is 0 Å². The minimum Gasteiger partial charge on any atom is -0.342 e. The van der Waals surface area contributed by atoms with E-state index in [1.54, 1.807) is 0 Å². The monoisotopic (exact) mass is 239 g/mol. The lowest BCUT2D eigenvalue weighted by molar-refractivity contribution is 0.920. The Hall–Kier alpha value is -1.76. The van der Waals surface area contributed by atoms with Crippen LogP contribution >= 0.6 is 0 Å². The van der Waals surface area contributed by atoms with Crippen LogP contribution < -0.4 is 4.90 Å². The molecule has 0 aromatic heterocycles. The summed E-state index contributed by atoms with van der Waals surface area (Å²) in [4.78, 5) is 2.33. The van der Waals surface area contributed by atoms with Crippen molar-refractivity contribution in [2.45, 2.75) is 26.7 Å². The van der Waals surface area contributed by atoms with Crippen LogP contribution in [0.2, 0.25) is 0 Å². The standard InChI is InChI=1S/C17H21N/c1-3-8-15-11-13-17(14-12-15)18(4-2)16-9-6-5-7-10-16/h5-7,9-14H,3-4,8H2,1-2H3. The van der Waals surface area contributed by atoms with E-state index < -0.39 is 0 Å². The van der Waals surface area contributed by atoms with Crippen molar-refractivity contribution >= 4 is 11.4 Å². The molecule has 0 bridgehead atoms. The molecule has 18 heavy (non-hydrogen) atoms. The van der Waals surface area contributed by atoms with E-state index in [0.717, 1.165) is 13.0 Å². The van der Waals surface area contributed by atoms with E-state index in [1.165, 1.54) is 23.4 Å². The number of nitrogens with zero attached hydrogens (tertiary/aromatic N) is 1. The average Bonchev–Trinajstić information content (AvgIpc) is 2.43. The molecule has 1 heteroatoms. The summed E-state index contributed by atoms with van der Waals surface area (Å²) < 4.78 is 0. The number of hydrogen-bond acceptors (Lipinski definition) is 1. The van der Waals surface area contributed by atoms with Gasteiger partial charge in [0.25, 0.3) is 0 Å². The first kappa shape index (κ1) is 12.7. The molecule has 0 spiro atoms. The zero-order valence-corrected chi connectivity index (χ0v) is 11.3. The molecule has 2 rings (SSSR count).